The molecule has 2 aliphatic carbocycles. The molecule has 5 rings (SSSR count). The van der Waals surface area contributed by atoms with Gasteiger partial charge in [0.2, 0.25) is 0 Å². The van der Waals surface area contributed by atoms with Crippen LogP contribution in [-0.4, -0.2) is 55.6 Å². The molecule has 1 N–H and O–H groups in total. The third-order valence-corrected chi connectivity index (χ3v) is 7.55. The van der Waals surface area contributed by atoms with Gasteiger partial charge < -0.3 is 14.6 Å². The minimum atomic E-state index is -0.0680. The van der Waals surface area contributed by atoms with Crippen molar-refractivity contribution in [3.8, 4) is 5.75 Å². The Labute approximate surface area is 150 Å². The van der Waals surface area contributed by atoms with Crippen LogP contribution in [0.3, 0.4) is 0 Å². The zero-order valence-corrected chi connectivity index (χ0v) is 15.1. The lowest BCUT2D eigenvalue weighted by molar-refractivity contribution is -0.0965. The fourth-order valence-electron chi connectivity index (χ4n) is 5.95. The van der Waals surface area contributed by atoms with Crippen molar-refractivity contribution in [3.05, 3.63) is 29.3 Å². The number of likely N-dealkylation sites (tertiary alicyclic amines) is 1. The number of ether oxygens (including phenoxy) is 2. The smallest absolute Gasteiger partial charge is 0.119 e. The molecule has 4 aliphatic rings. The topological polar surface area (TPSA) is 41.9 Å². The first-order chi connectivity index (χ1) is 12.2. The first-order valence-electron chi connectivity index (χ1n) is 9.88. The van der Waals surface area contributed by atoms with Crippen LogP contribution in [-0.2, 0) is 16.6 Å². The second kappa shape index (κ2) is 5.97. The average Bonchev–Trinajstić information content (AvgIpc) is 2.65. The predicted octanol–water partition coefficient (Wildman–Crippen LogP) is 2.37. The summed E-state index contributed by atoms with van der Waals surface area (Å²) in [5, 5.41) is 10.0. The van der Waals surface area contributed by atoms with Gasteiger partial charge in [-0.1, -0.05) is 6.07 Å². The molecule has 1 aromatic carbocycles. The molecule has 1 saturated carbocycles. The zero-order chi connectivity index (χ0) is 17.0. The molecule has 4 heteroatoms. The van der Waals surface area contributed by atoms with E-state index in [1.165, 1.54) is 17.5 Å². The highest BCUT2D eigenvalue weighted by Crippen LogP contribution is 2.53. The van der Waals surface area contributed by atoms with E-state index in [4.69, 9.17) is 9.47 Å². The lowest BCUT2D eigenvalue weighted by atomic mass is 9.56. The number of piperidine rings is 1. The number of rotatable bonds is 3. The third-order valence-electron chi connectivity index (χ3n) is 7.55. The zero-order valence-electron chi connectivity index (χ0n) is 15.1. The predicted molar refractivity (Wildman–Crippen MR) is 96.0 cm³/mol. The van der Waals surface area contributed by atoms with Crippen LogP contribution in [0.4, 0.5) is 0 Å². The standard InChI is InChI=1S/C21H29NO3/c1-24-16-4-2-14-10-19-17-6-9-25-13-21(17,18(14)11-16)7-8-22(19)12-15-3-5-20(15)23/h2,4,11,15,17,19-20,23H,3,5-10,12-13H2,1H3/t15?,17-,19+,20?,21-/m0/s1. The molecule has 136 valence electrons. The van der Waals surface area contributed by atoms with Gasteiger partial charge in [0.1, 0.15) is 5.75 Å². The molecular formula is C21H29NO3. The number of nitrogens with zero attached hydrogens (tertiary/aromatic N) is 1. The first kappa shape index (κ1) is 16.1. The lowest BCUT2D eigenvalue weighted by Crippen LogP contribution is -2.64. The summed E-state index contributed by atoms with van der Waals surface area (Å²) in [5.41, 5.74) is 3.13. The van der Waals surface area contributed by atoms with E-state index in [0.29, 0.717) is 17.9 Å². The largest absolute Gasteiger partial charge is 0.497 e. The van der Waals surface area contributed by atoms with E-state index >= 15 is 0 Å². The molecule has 0 amide bonds. The van der Waals surface area contributed by atoms with Gasteiger partial charge in [0, 0.05) is 24.6 Å². The second-order valence-electron chi connectivity index (χ2n) is 8.55. The molecule has 25 heavy (non-hydrogen) atoms. The number of hydrogen-bond donors (Lipinski definition) is 1. The number of aliphatic hydroxyl groups excluding tert-OH is 1. The van der Waals surface area contributed by atoms with E-state index in [0.717, 1.165) is 57.7 Å². The average molecular weight is 343 g/mol. The van der Waals surface area contributed by atoms with Crippen molar-refractivity contribution in [1.82, 2.24) is 4.90 Å². The summed E-state index contributed by atoms with van der Waals surface area (Å²) in [6, 6.07) is 7.26. The van der Waals surface area contributed by atoms with Crippen LogP contribution < -0.4 is 4.74 Å². The van der Waals surface area contributed by atoms with Crippen molar-refractivity contribution >= 4 is 0 Å². The molecule has 2 saturated heterocycles. The van der Waals surface area contributed by atoms with Crippen molar-refractivity contribution in [2.45, 2.75) is 49.7 Å². The van der Waals surface area contributed by atoms with Gasteiger partial charge in [-0.2, -0.15) is 0 Å². The molecular weight excluding hydrogens is 314 g/mol. The molecule has 2 aliphatic heterocycles. The number of fused-ring (bicyclic) bond motifs is 1. The highest BCUT2D eigenvalue weighted by Gasteiger charge is 2.55. The maximum Gasteiger partial charge on any atom is 0.119 e. The Morgan fingerprint density at radius 2 is 2.24 bits per heavy atom. The Balaban J connectivity index is 1.51. The van der Waals surface area contributed by atoms with Gasteiger partial charge in [-0.05, 0) is 73.7 Å². The van der Waals surface area contributed by atoms with Gasteiger partial charge in [0.15, 0.2) is 0 Å². The first-order valence-corrected chi connectivity index (χ1v) is 9.88. The number of methoxy groups -OCH3 is 1. The molecule has 5 atom stereocenters. The van der Waals surface area contributed by atoms with E-state index in [1.807, 2.05) is 0 Å². The van der Waals surface area contributed by atoms with Crippen LogP contribution in [0.1, 0.15) is 36.8 Å². The summed E-state index contributed by atoms with van der Waals surface area (Å²) in [5.74, 6) is 2.13. The summed E-state index contributed by atoms with van der Waals surface area (Å²) >= 11 is 0. The van der Waals surface area contributed by atoms with E-state index in [9.17, 15) is 5.11 Å². The SMILES string of the molecule is COc1ccc2c(c1)[C@]13CCN(CC4CCC4O)[C@H](C2)[C@@H]1CCOC3. The maximum atomic E-state index is 10.0. The van der Waals surface area contributed by atoms with Gasteiger partial charge >= 0.3 is 0 Å². The Kier molecular flexibility index (Phi) is 3.84. The fraction of sp³-hybridized carbons (Fsp3) is 0.714. The summed E-state index contributed by atoms with van der Waals surface area (Å²) in [6.07, 6.45) is 5.57. The minimum Gasteiger partial charge on any atom is -0.497 e. The molecule has 0 aromatic heterocycles. The van der Waals surface area contributed by atoms with E-state index in [2.05, 4.69) is 23.1 Å². The van der Waals surface area contributed by atoms with E-state index < -0.39 is 0 Å². The van der Waals surface area contributed by atoms with Crippen LogP contribution >= 0.6 is 0 Å². The molecule has 2 bridgehead atoms. The lowest BCUT2D eigenvalue weighted by Gasteiger charge is -2.59. The fourth-order valence-corrected chi connectivity index (χ4v) is 5.95. The second-order valence-corrected chi connectivity index (χ2v) is 8.55. The van der Waals surface area contributed by atoms with Gasteiger partial charge in [0.05, 0.1) is 19.8 Å². The molecule has 2 heterocycles. The normalized spacial score (nSPS) is 39.9. The van der Waals surface area contributed by atoms with Gasteiger partial charge in [-0.25, -0.2) is 0 Å². The number of benzene rings is 1. The quantitative estimate of drug-likeness (QED) is 0.915. The monoisotopic (exact) mass is 343 g/mol. The molecule has 4 nitrogen and oxygen atoms in total. The Bertz CT molecular complexity index is 663. The summed E-state index contributed by atoms with van der Waals surface area (Å²) in [7, 11) is 1.76. The summed E-state index contributed by atoms with van der Waals surface area (Å²) in [6.45, 7) is 3.95. The number of hydrogen-bond acceptors (Lipinski definition) is 4. The van der Waals surface area contributed by atoms with Gasteiger partial charge in [-0.3, -0.25) is 4.90 Å². The highest BCUT2D eigenvalue weighted by molar-refractivity contribution is 5.45. The number of aliphatic hydroxyl groups is 1. The van der Waals surface area contributed by atoms with Gasteiger partial charge in [-0.15, -0.1) is 0 Å². The van der Waals surface area contributed by atoms with Crippen molar-refractivity contribution in [3.63, 3.8) is 0 Å². The van der Waals surface area contributed by atoms with Crippen molar-refractivity contribution < 1.29 is 14.6 Å². The van der Waals surface area contributed by atoms with Crippen molar-refractivity contribution in [1.29, 1.82) is 0 Å². The van der Waals surface area contributed by atoms with Crippen LogP contribution in [0.2, 0.25) is 0 Å². The minimum absolute atomic E-state index is 0.0680. The molecule has 2 unspecified atom stereocenters. The third kappa shape index (κ3) is 2.37. The Hall–Kier alpha value is -1.10. The van der Waals surface area contributed by atoms with Crippen LogP contribution in [0, 0.1) is 11.8 Å². The van der Waals surface area contributed by atoms with E-state index in [1.54, 1.807) is 7.11 Å². The maximum absolute atomic E-state index is 10.0. The molecule has 1 aromatic rings. The van der Waals surface area contributed by atoms with Crippen LogP contribution in [0.15, 0.2) is 18.2 Å². The summed E-state index contributed by atoms with van der Waals surface area (Å²) in [4.78, 5) is 2.70. The van der Waals surface area contributed by atoms with E-state index in [-0.39, 0.29) is 11.5 Å². The molecule has 0 spiro atoms. The Morgan fingerprint density at radius 3 is 3.00 bits per heavy atom. The van der Waals surface area contributed by atoms with Crippen molar-refractivity contribution in [2.75, 3.05) is 33.4 Å². The molecule has 3 fully saturated rings. The Morgan fingerprint density at radius 1 is 1.32 bits per heavy atom. The van der Waals surface area contributed by atoms with Crippen molar-refractivity contribution in [2.24, 2.45) is 11.8 Å². The summed E-state index contributed by atoms with van der Waals surface area (Å²) < 4.78 is 11.5. The van der Waals surface area contributed by atoms with Crippen LogP contribution in [0.5, 0.6) is 5.75 Å². The molecule has 0 radical (unpaired) electrons. The highest BCUT2D eigenvalue weighted by atomic mass is 16.5. The van der Waals surface area contributed by atoms with Gasteiger partial charge in [0.25, 0.3) is 0 Å². The van der Waals surface area contributed by atoms with Crippen LogP contribution in [0.25, 0.3) is 0 Å².